The second-order valence-electron chi connectivity index (χ2n) is 5.64. The molecule has 0 bridgehead atoms. The topological polar surface area (TPSA) is 154 Å². The van der Waals surface area contributed by atoms with Gasteiger partial charge in [-0.05, 0) is 0 Å². The fraction of sp³-hybridized carbons (Fsp3) is 0.643. The van der Waals surface area contributed by atoms with E-state index in [9.17, 15) is 19.2 Å². The van der Waals surface area contributed by atoms with E-state index in [1.54, 1.807) is 0 Å². The number of esters is 3. The molecule has 1 saturated heterocycles. The second-order valence-corrected chi connectivity index (χ2v) is 5.64. The number of hydrogen-bond donors (Lipinski definition) is 1. The Kier molecular flexibility index (Phi) is 5.65. The van der Waals surface area contributed by atoms with Crippen LogP contribution in [-0.2, 0) is 40.4 Å². The maximum atomic E-state index is 11.7. The minimum Gasteiger partial charge on any atom is -0.463 e. The van der Waals surface area contributed by atoms with Crippen molar-refractivity contribution in [3.05, 3.63) is 10.5 Å². The zero-order chi connectivity index (χ0) is 19.6. The van der Waals surface area contributed by atoms with Crippen LogP contribution in [0.2, 0.25) is 0 Å². The molecule has 1 aliphatic heterocycles. The number of ether oxygens (including phenoxy) is 4. The van der Waals surface area contributed by atoms with Gasteiger partial charge >= 0.3 is 23.6 Å². The molecule has 12 nitrogen and oxygen atoms in total. The lowest BCUT2D eigenvalue weighted by Crippen LogP contribution is -2.41. The molecule has 0 aliphatic carbocycles. The van der Waals surface area contributed by atoms with E-state index in [1.807, 2.05) is 0 Å². The summed E-state index contributed by atoms with van der Waals surface area (Å²) in [6, 6.07) is 0. The van der Waals surface area contributed by atoms with E-state index in [1.165, 1.54) is 25.6 Å². The fourth-order valence-electron chi connectivity index (χ4n) is 2.66. The van der Waals surface area contributed by atoms with E-state index in [2.05, 4.69) is 4.98 Å². The van der Waals surface area contributed by atoms with Crippen LogP contribution in [0, 0.1) is 0 Å². The highest BCUT2D eigenvalue weighted by Gasteiger charge is 2.51. The molecule has 1 fully saturated rings. The molecule has 0 aromatic carbocycles. The Hall–Kier alpha value is -2.89. The molecule has 2 rings (SSSR count). The van der Waals surface area contributed by atoms with Gasteiger partial charge in [0.2, 0.25) is 5.95 Å². The Morgan fingerprint density at radius 2 is 1.69 bits per heavy atom. The molecule has 1 aromatic rings. The maximum Gasteiger partial charge on any atom is 0.365 e. The minimum atomic E-state index is -1.14. The van der Waals surface area contributed by atoms with Crippen molar-refractivity contribution < 1.29 is 33.3 Å². The lowest BCUT2D eigenvalue weighted by molar-refractivity contribution is -0.166. The van der Waals surface area contributed by atoms with Gasteiger partial charge in [-0.2, -0.15) is 4.98 Å². The first-order valence-electron chi connectivity index (χ1n) is 7.66. The van der Waals surface area contributed by atoms with Gasteiger partial charge in [0.1, 0.15) is 12.7 Å². The molecule has 1 aliphatic rings. The van der Waals surface area contributed by atoms with Crippen molar-refractivity contribution in [2.75, 3.05) is 12.3 Å². The van der Waals surface area contributed by atoms with Gasteiger partial charge in [-0.25, -0.2) is 14.2 Å². The van der Waals surface area contributed by atoms with Gasteiger partial charge in [0.15, 0.2) is 18.4 Å². The highest BCUT2D eigenvalue weighted by molar-refractivity contribution is 5.68. The Bertz CT molecular complexity index is 769. The van der Waals surface area contributed by atoms with E-state index in [0.717, 1.165) is 11.6 Å². The van der Waals surface area contributed by atoms with E-state index in [-0.39, 0.29) is 12.6 Å². The smallest absolute Gasteiger partial charge is 0.365 e. The largest absolute Gasteiger partial charge is 0.463 e. The predicted octanol–water partition coefficient (Wildman–Crippen LogP) is -1.51. The summed E-state index contributed by atoms with van der Waals surface area (Å²) in [6.07, 6.45) is -4.30. The Balaban J connectivity index is 2.44. The Morgan fingerprint density at radius 1 is 1.12 bits per heavy atom. The number of carbonyl (C=O) groups is 3. The molecule has 26 heavy (non-hydrogen) atoms. The summed E-state index contributed by atoms with van der Waals surface area (Å²) in [4.78, 5) is 49.4. The van der Waals surface area contributed by atoms with Crippen LogP contribution in [0.5, 0.6) is 0 Å². The first-order chi connectivity index (χ1) is 12.1. The number of nitrogen functional groups attached to an aromatic ring is 1. The van der Waals surface area contributed by atoms with Gasteiger partial charge in [0.05, 0.1) is 0 Å². The SMILES string of the molecule is CC(=O)OC[C@H]1O[C@@H](n2c(N)nc(=O)n2C)[C@H](OC(C)=O)[C@@H]1OC(C)=O. The van der Waals surface area contributed by atoms with Crippen LogP contribution in [0.15, 0.2) is 4.79 Å². The average Bonchev–Trinajstić information content (AvgIpc) is 2.94. The van der Waals surface area contributed by atoms with Gasteiger partial charge < -0.3 is 24.7 Å². The standard InChI is InChI=1S/C14H20N4O8/c1-6(19)23-5-9-10(24-7(2)20)11(25-8(3)21)12(26-9)18-13(15)16-14(22)17(18)4/h9-12H,5H2,1-4H3,(H2,15,16,22)/t9-,10-,11-,12-/m1/s1. The normalized spacial score (nSPS) is 24.9. The molecule has 0 amide bonds. The molecular weight excluding hydrogens is 352 g/mol. The number of rotatable bonds is 5. The van der Waals surface area contributed by atoms with E-state index in [4.69, 9.17) is 24.7 Å². The molecule has 2 heterocycles. The Labute approximate surface area is 147 Å². The second kappa shape index (κ2) is 7.56. The number of nitrogens with two attached hydrogens (primary N) is 1. The molecule has 1 aromatic heterocycles. The molecule has 0 unspecified atom stereocenters. The van der Waals surface area contributed by atoms with Crippen molar-refractivity contribution in [2.45, 2.75) is 45.3 Å². The van der Waals surface area contributed by atoms with Crippen LogP contribution in [0.3, 0.4) is 0 Å². The molecule has 0 spiro atoms. The fourth-order valence-corrected chi connectivity index (χ4v) is 2.66. The minimum absolute atomic E-state index is 0.186. The summed E-state index contributed by atoms with van der Waals surface area (Å²) < 4.78 is 23.4. The third-order valence-electron chi connectivity index (χ3n) is 3.63. The quantitative estimate of drug-likeness (QED) is 0.476. The van der Waals surface area contributed by atoms with Crippen LogP contribution in [0.25, 0.3) is 0 Å². The summed E-state index contributed by atoms with van der Waals surface area (Å²) in [7, 11) is 1.39. The monoisotopic (exact) mass is 372 g/mol. The number of nitrogens with zero attached hydrogens (tertiary/aromatic N) is 3. The molecule has 2 N–H and O–H groups in total. The third-order valence-corrected chi connectivity index (χ3v) is 3.63. The van der Waals surface area contributed by atoms with Crippen molar-refractivity contribution in [2.24, 2.45) is 7.05 Å². The summed E-state index contributed by atoms with van der Waals surface area (Å²) >= 11 is 0. The number of carbonyl (C=O) groups excluding carboxylic acids is 3. The molecule has 12 heteroatoms. The first-order valence-corrected chi connectivity index (χ1v) is 7.66. The van der Waals surface area contributed by atoms with Gasteiger partial charge in [0, 0.05) is 27.8 Å². The van der Waals surface area contributed by atoms with Crippen LogP contribution < -0.4 is 11.4 Å². The number of anilines is 1. The number of aromatic nitrogens is 3. The summed E-state index contributed by atoms with van der Waals surface area (Å²) in [5.41, 5.74) is 5.09. The summed E-state index contributed by atoms with van der Waals surface area (Å²) in [5.74, 6) is -2.08. The van der Waals surface area contributed by atoms with Gasteiger partial charge in [-0.15, -0.1) is 0 Å². The van der Waals surface area contributed by atoms with Crippen molar-refractivity contribution in [3.63, 3.8) is 0 Å². The summed E-state index contributed by atoms with van der Waals surface area (Å²) in [6.45, 7) is 3.28. The first kappa shape index (κ1) is 19.4. The highest BCUT2D eigenvalue weighted by Crippen LogP contribution is 2.35. The van der Waals surface area contributed by atoms with Crippen molar-refractivity contribution in [3.8, 4) is 0 Å². The highest BCUT2D eigenvalue weighted by atomic mass is 16.7. The van der Waals surface area contributed by atoms with Crippen molar-refractivity contribution in [1.29, 1.82) is 0 Å². The van der Waals surface area contributed by atoms with Crippen LogP contribution in [-0.4, -0.2) is 57.2 Å². The predicted molar refractivity (Wildman–Crippen MR) is 83.5 cm³/mol. The zero-order valence-electron chi connectivity index (χ0n) is 14.7. The maximum absolute atomic E-state index is 11.7. The van der Waals surface area contributed by atoms with E-state index >= 15 is 0 Å². The molecular formula is C14H20N4O8. The molecule has 4 atom stereocenters. The number of hydrogen-bond acceptors (Lipinski definition) is 10. The van der Waals surface area contributed by atoms with Crippen LogP contribution in [0.1, 0.15) is 27.0 Å². The molecule has 144 valence electrons. The van der Waals surface area contributed by atoms with Gasteiger partial charge in [0.25, 0.3) is 0 Å². The Morgan fingerprint density at radius 3 is 2.15 bits per heavy atom. The molecule has 0 radical (unpaired) electrons. The summed E-state index contributed by atoms with van der Waals surface area (Å²) in [5, 5.41) is 0. The van der Waals surface area contributed by atoms with Crippen molar-refractivity contribution >= 4 is 23.9 Å². The van der Waals surface area contributed by atoms with Crippen LogP contribution in [0.4, 0.5) is 5.95 Å². The average molecular weight is 372 g/mol. The third kappa shape index (κ3) is 4.02. The van der Waals surface area contributed by atoms with Gasteiger partial charge in [-0.3, -0.25) is 14.4 Å². The van der Waals surface area contributed by atoms with Crippen LogP contribution >= 0.6 is 0 Å². The molecule has 0 saturated carbocycles. The lowest BCUT2D eigenvalue weighted by Gasteiger charge is -2.24. The van der Waals surface area contributed by atoms with E-state index in [0.29, 0.717) is 0 Å². The zero-order valence-corrected chi connectivity index (χ0v) is 14.7. The van der Waals surface area contributed by atoms with Gasteiger partial charge in [-0.1, -0.05) is 0 Å². The lowest BCUT2D eigenvalue weighted by atomic mass is 10.1. The van der Waals surface area contributed by atoms with Crippen molar-refractivity contribution in [1.82, 2.24) is 14.3 Å². The van der Waals surface area contributed by atoms with E-state index < -0.39 is 48.1 Å².